The van der Waals surface area contributed by atoms with Gasteiger partial charge in [-0.1, -0.05) is 5.16 Å². The van der Waals surface area contributed by atoms with Gasteiger partial charge < -0.3 is 14.7 Å². The molecule has 2 aromatic heterocycles. The van der Waals surface area contributed by atoms with Gasteiger partial charge in [-0.25, -0.2) is 0 Å². The van der Waals surface area contributed by atoms with Crippen LogP contribution in [0.1, 0.15) is 27.5 Å². The van der Waals surface area contributed by atoms with Crippen LogP contribution in [0.3, 0.4) is 0 Å². The Labute approximate surface area is 173 Å². The van der Waals surface area contributed by atoms with Crippen LogP contribution in [-0.4, -0.2) is 23.4 Å². The number of rotatable bonds is 6. The van der Waals surface area contributed by atoms with Crippen LogP contribution in [0.4, 0.5) is 11.4 Å². The topological polar surface area (TPSA) is 58.4 Å². The lowest BCUT2D eigenvalue weighted by Crippen LogP contribution is -2.29. The second-order valence-electron chi connectivity index (χ2n) is 6.93. The molecule has 0 spiro atoms. The highest BCUT2D eigenvalue weighted by atomic mass is 32.2. The average Bonchev–Trinajstić information content (AvgIpc) is 3.29. The predicted molar refractivity (Wildman–Crippen MR) is 116 cm³/mol. The maximum Gasteiger partial charge on any atom is 0.234 e. The Morgan fingerprint density at radius 3 is 2.86 bits per heavy atom. The molecule has 1 aliphatic rings. The first-order valence-corrected chi connectivity index (χ1v) is 11.3. The first kappa shape index (κ1) is 19.1. The van der Waals surface area contributed by atoms with E-state index in [1.165, 1.54) is 16.1 Å². The summed E-state index contributed by atoms with van der Waals surface area (Å²) in [7, 11) is 0. The molecule has 1 aromatic carbocycles. The van der Waals surface area contributed by atoms with E-state index in [0.717, 1.165) is 48.0 Å². The highest BCUT2D eigenvalue weighted by Crippen LogP contribution is 2.28. The Balaban J connectivity index is 1.28. The summed E-state index contributed by atoms with van der Waals surface area (Å²) in [4.78, 5) is 16.1. The molecule has 7 heteroatoms. The standard InChI is InChI=1S/C21H23N3O2S2/c1-14-19(15(2)26-23-14)12-27-13-21(25)22-17-3-5-18(6-4-17)24-9-7-20-16(11-24)8-10-28-20/h3-6,8,10H,7,9,11-13H2,1-2H3,(H,22,25). The molecule has 0 saturated carbocycles. The van der Waals surface area contributed by atoms with E-state index in [0.29, 0.717) is 5.75 Å². The number of hydrogen-bond acceptors (Lipinski definition) is 6. The van der Waals surface area contributed by atoms with Gasteiger partial charge >= 0.3 is 0 Å². The smallest absolute Gasteiger partial charge is 0.234 e. The molecule has 5 nitrogen and oxygen atoms in total. The van der Waals surface area contributed by atoms with Gasteiger partial charge in [-0.3, -0.25) is 4.79 Å². The average molecular weight is 414 g/mol. The van der Waals surface area contributed by atoms with Gasteiger partial charge in [-0.05, 0) is 61.5 Å². The van der Waals surface area contributed by atoms with Gasteiger partial charge in [0, 0.05) is 40.7 Å². The van der Waals surface area contributed by atoms with Crippen LogP contribution in [0, 0.1) is 13.8 Å². The van der Waals surface area contributed by atoms with Gasteiger partial charge in [-0.2, -0.15) is 0 Å². The number of anilines is 2. The SMILES string of the molecule is Cc1noc(C)c1CSCC(=O)Nc1ccc(N2CCc3sccc3C2)cc1. The van der Waals surface area contributed by atoms with Crippen molar-refractivity contribution in [1.29, 1.82) is 0 Å². The molecule has 4 rings (SSSR count). The van der Waals surface area contributed by atoms with Crippen LogP contribution >= 0.6 is 23.1 Å². The third-order valence-corrected chi connectivity index (χ3v) is 6.97. The maximum absolute atomic E-state index is 12.2. The lowest BCUT2D eigenvalue weighted by molar-refractivity contribution is -0.113. The quantitative estimate of drug-likeness (QED) is 0.630. The van der Waals surface area contributed by atoms with Crippen molar-refractivity contribution in [3.05, 3.63) is 63.2 Å². The first-order valence-electron chi connectivity index (χ1n) is 9.30. The summed E-state index contributed by atoms with van der Waals surface area (Å²) in [5.74, 6) is 1.96. The normalized spacial score (nSPS) is 13.4. The molecule has 1 aliphatic heterocycles. The van der Waals surface area contributed by atoms with Gasteiger partial charge in [0.05, 0.1) is 11.4 Å². The highest BCUT2D eigenvalue weighted by Gasteiger charge is 2.17. The Morgan fingerprint density at radius 1 is 1.29 bits per heavy atom. The molecule has 28 heavy (non-hydrogen) atoms. The van der Waals surface area contributed by atoms with Crippen LogP contribution in [0.2, 0.25) is 0 Å². The summed E-state index contributed by atoms with van der Waals surface area (Å²) in [6.45, 7) is 5.83. The van der Waals surface area contributed by atoms with Crippen LogP contribution in [0.5, 0.6) is 0 Å². The fraction of sp³-hybridized carbons (Fsp3) is 0.333. The number of fused-ring (bicyclic) bond motifs is 1. The maximum atomic E-state index is 12.2. The van der Waals surface area contributed by atoms with Crippen LogP contribution in [-0.2, 0) is 23.5 Å². The van der Waals surface area contributed by atoms with E-state index in [-0.39, 0.29) is 5.91 Å². The zero-order valence-electron chi connectivity index (χ0n) is 16.0. The summed E-state index contributed by atoms with van der Waals surface area (Å²) < 4.78 is 5.16. The van der Waals surface area contributed by atoms with Crippen molar-refractivity contribution in [1.82, 2.24) is 5.16 Å². The summed E-state index contributed by atoms with van der Waals surface area (Å²) in [6.07, 6.45) is 1.11. The number of nitrogens with zero attached hydrogens (tertiary/aromatic N) is 2. The minimum Gasteiger partial charge on any atom is -0.367 e. The number of nitrogens with one attached hydrogen (secondary N) is 1. The fourth-order valence-corrected chi connectivity index (χ4v) is 5.24. The highest BCUT2D eigenvalue weighted by molar-refractivity contribution is 7.99. The second-order valence-corrected chi connectivity index (χ2v) is 8.92. The molecule has 1 N–H and O–H groups in total. The lowest BCUT2D eigenvalue weighted by atomic mass is 10.1. The number of hydrogen-bond donors (Lipinski definition) is 1. The number of benzene rings is 1. The molecular formula is C21H23N3O2S2. The summed E-state index contributed by atoms with van der Waals surface area (Å²) in [6, 6.07) is 10.4. The Bertz CT molecular complexity index is 943. The lowest BCUT2D eigenvalue weighted by Gasteiger charge is -2.29. The molecule has 0 unspecified atom stereocenters. The van der Waals surface area contributed by atoms with Gasteiger partial charge in [0.2, 0.25) is 5.91 Å². The monoisotopic (exact) mass is 413 g/mol. The summed E-state index contributed by atoms with van der Waals surface area (Å²) in [5, 5.41) is 9.10. The molecule has 3 heterocycles. The van der Waals surface area contributed by atoms with Crippen LogP contribution in [0.25, 0.3) is 0 Å². The number of thiophene rings is 1. The zero-order valence-corrected chi connectivity index (χ0v) is 17.7. The van der Waals surface area contributed by atoms with Crippen LogP contribution < -0.4 is 10.2 Å². The second kappa shape index (κ2) is 8.41. The van der Waals surface area contributed by atoms with Crippen molar-refractivity contribution >= 4 is 40.4 Å². The molecule has 0 fully saturated rings. The molecule has 0 aliphatic carbocycles. The molecule has 146 valence electrons. The largest absolute Gasteiger partial charge is 0.367 e. The van der Waals surface area contributed by atoms with E-state index < -0.39 is 0 Å². The number of carbonyl (C=O) groups excluding carboxylic acids is 1. The van der Waals surface area contributed by atoms with Crippen molar-refractivity contribution < 1.29 is 9.32 Å². The summed E-state index contributed by atoms with van der Waals surface area (Å²) in [5.41, 5.74) is 5.44. The van der Waals surface area contributed by atoms with Crippen molar-refractivity contribution in [3.8, 4) is 0 Å². The number of carbonyl (C=O) groups is 1. The fourth-order valence-electron chi connectivity index (χ4n) is 3.38. The number of aryl methyl sites for hydroxylation is 2. The van der Waals surface area contributed by atoms with Gasteiger partial charge in [-0.15, -0.1) is 23.1 Å². The number of thioether (sulfide) groups is 1. The molecule has 0 radical (unpaired) electrons. The van der Waals surface area contributed by atoms with Gasteiger partial charge in [0.25, 0.3) is 0 Å². The van der Waals surface area contributed by atoms with Gasteiger partial charge in [0.15, 0.2) is 0 Å². The molecular weight excluding hydrogens is 390 g/mol. The Kier molecular flexibility index (Phi) is 5.73. The molecule has 0 saturated heterocycles. The van der Waals surface area contributed by atoms with E-state index in [4.69, 9.17) is 4.52 Å². The first-order chi connectivity index (χ1) is 13.6. The number of aromatic nitrogens is 1. The third-order valence-electron chi connectivity index (χ3n) is 4.98. The van der Waals surface area contributed by atoms with E-state index >= 15 is 0 Å². The predicted octanol–water partition coefficient (Wildman–Crippen LogP) is 4.79. The minimum absolute atomic E-state index is 0.00500. The molecule has 0 bridgehead atoms. The Morgan fingerprint density at radius 2 is 2.11 bits per heavy atom. The van der Waals surface area contributed by atoms with Crippen molar-refractivity contribution in [2.75, 3.05) is 22.5 Å². The molecule has 0 atom stereocenters. The van der Waals surface area contributed by atoms with Crippen molar-refractivity contribution in [2.45, 2.75) is 32.6 Å². The van der Waals surface area contributed by atoms with E-state index in [2.05, 4.69) is 39.0 Å². The third kappa shape index (κ3) is 4.25. The zero-order chi connectivity index (χ0) is 19.5. The van der Waals surface area contributed by atoms with E-state index in [1.807, 2.05) is 37.3 Å². The van der Waals surface area contributed by atoms with E-state index in [9.17, 15) is 4.79 Å². The van der Waals surface area contributed by atoms with Crippen molar-refractivity contribution in [2.24, 2.45) is 0 Å². The molecule has 3 aromatic rings. The van der Waals surface area contributed by atoms with Crippen LogP contribution in [0.15, 0.2) is 40.2 Å². The van der Waals surface area contributed by atoms with E-state index in [1.54, 1.807) is 11.8 Å². The number of amides is 1. The van der Waals surface area contributed by atoms with Gasteiger partial charge in [0.1, 0.15) is 5.76 Å². The summed E-state index contributed by atoms with van der Waals surface area (Å²) >= 11 is 3.42. The van der Waals surface area contributed by atoms with Crippen molar-refractivity contribution in [3.63, 3.8) is 0 Å². The minimum atomic E-state index is 0.00500. The molecule has 1 amide bonds. The Hall–Kier alpha value is -2.25.